The van der Waals surface area contributed by atoms with Gasteiger partial charge in [0.05, 0.1) is 39.6 Å². The van der Waals surface area contributed by atoms with Gasteiger partial charge in [0, 0.05) is 4.88 Å². The molecular weight excluding hydrogens is 496 g/mol. The van der Waals surface area contributed by atoms with Gasteiger partial charge >= 0.3 is 5.97 Å². The first-order chi connectivity index (χ1) is 18.0. The summed E-state index contributed by atoms with van der Waals surface area (Å²) in [6.07, 6.45) is 3.80. The van der Waals surface area contributed by atoms with Crippen molar-refractivity contribution in [3.63, 3.8) is 0 Å². The number of nitrogens with one attached hydrogen (secondary N) is 2. The number of carbonyl (C=O) groups excluding carboxylic acids is 2. The predicted octanol–water partition coefficient (Wildman–Crippen LogP) is 4.73. The maximum atomic E-state index is 13.0. The molecule has 0 spiro atoms. The molecule has 0 fully saturated rings. The van der Waals surface area contributed by atoms with Crippen LogP contribution in [0.5, 0.6) is 28.7 Å². The van der Waals surface area contributed by atoms with Gasteiger partial charge < -0.3 is 34.3 Å². The highest BCUT2D eigenvalue weighted by Crippen LogP contribution is 2.42. The highest BCUT2D eigenvalue weighted by atomic mass is 32.1. The largest absolute Gasteiger partial charge is 0.493 e. The SMILES string of the molecule is COc1cc(C2NC(=O)c3c(sc4c3CCCC4)N2)ccc1OC(=O)c1cc(OC)c(OC)c(OC)c1. The second kappa shape index (κ2) is 10.2. The molecule has 0 bridgehead atoms. The molecule has 1 aromatic heterocycles. The summed E-state index contributed by atoms with van der Waals surface area (Å²) >= 11 is 1.67. The van der Waals surface area contributed by atoms with E-state index in [0.717, 1.165) is 41.8 Å². The topological polar surface area (TPSA) is 104 Å². The zero-order valence-corrected chi connectivity index (χ0v) is 21.9. The van der Waals surface area contributed by atoms with E-state index in [1.165, 1.54) is 51.0 Å². The first-order valence-electron chi connectivity index (χ1n) is 11.9. The second-order valence-corrected chi connectivity index (χ2v) is 9.78. The molecule has 9 nitrogen and oxygen atoms in total. The van der Waals surface area contributed by atoms with Crippen LogP contribution in [0.4, 0.5) is 5.00 Å². The number of rotatable bonds is 7. The molecule has 2 heterocycles. The van der Waals surface area contributed by atoms with Crippen LogP contribution in [-0.2, 0) is 12.8 Å². The maximum absolute atomic E-state index is 13.0. The monoisotopic (exact) mass is 524 g/mol. The smallest absolute Gasteiger partial charge is 0.343 e. The van der Waals surface area contributed by atoms with E-state index >= 15 is 0 Å². The Morgan fingerprint density at radius 3 is 2.24 bits per heavy atom. The van der Waals surface area contributed by atoms with E-state index in [4.69, 9.17) is 23.7 Å². The fourth-order valence-corrected chi connectivity index (χ4v) is 6.07. The molecule has 37 heavy (non-hydrogen) atoms. The van der Waals surface area contributed by atoms with Crippen LogP contribution in [-0.4, -0.2) is 40.3 Å². The van der Waals surface area contributed by atoms with Crippen LogP contribution in [0.15, 0.2) is 30.3 Å². The zero-order chi connectivity index (χ0) is 26.1. The molecule has 5 rings (SSSR count). The normalized spacial score (nSPS) is 16.0. The van der Waals surface area contributed by atoms with Crippen molar-refractivity contribution in [1.82, 2.24) is 5.32 Å². The van der Waals surface area contributed by atoms with Crippen LogP contribution in [0.1, 0.15) is 55.7 Å². The fraction of sp³-hybridized carbons (Fsp3) is 0.333. The lowest BCUT2D eigenvalue weighted by Crippen LogP contribution is -2.38. The number of benzene rings is 2. The van der Waals surface area contributed by atoms with Crippen molar-refractivity contribution in [2.45, 2.75) is 31.8 Å². The average molecular weight is 525 g/mol. The van der Waals surface area contributed by atoms with E-state index in [2.05, 4.69) is 10.6 Å². The van der Waals surface area contributed by atoms with Crippen molar-refractivity contribution < 1.29 is 33.3 Å². The van der Waals surface area contributed by atoms with E-state index < -0.39 is 12.1 Å². The highest BCUT2D eigenvalue weighted by molar-refractivity contribution is 7.16. The van der Waals surface area contributed by atoms with Gasteiger partial charge in [-0.3, -0.25) is 4.79 Å². The molecule has 1 atom stereocenters. The minimum Gasteiger partial charge on any atom is -0.493 e. The first-order valence-corrected chi connectivity index (χ1v) is 12.7. The summed E-state index contributed by atoms with van der Waals surface area (Å²) in [4.78, 5) is 27.3. The lowest BCUT2D eigenvalue weighted by atomic mass is 9.94. The standard InChI is InChI=1S/C27H28N2O7S/c1-32-18-11-14(24-28-25(30)22-16-7-5-6-8-21(16)37-26(22)29-24)9-10-17(18)36-27(31)15-12-19(33-2)23(35-4)20(13-15)34-3/h9-13,24,29H,5-8H2,1-4H3,(H,28,30). The summed E-state index contributed by atoms with van der Waals surface area (Å²) in [5, 5.41) is 7.41. The van der Waals surface area contributed by atoms with Crippen LogP contribution < -0.4 is 34.3 Å². The third-order valence-electron chi connectivity index (χ3n) is 6.57. The Bertz CT molecular complexity index is 1340. The molecule has 2 aliphatic rings. The lowest BCUT2D eigenvalue weighted by Gasteiger charge is -2.27. The van der Waals surface area contributed by atoms with Crippen molar-refractivity contribution in [2.24, 2.45) is 0 Å². The third-order valence-corrected chi connectivity index (χ3v) is 7.80. The molecule has 1 aliphatic carbocycles. The van der Waals surface area contributed by atoms with Gasteiger partial charge in [0.25, 0.3) is 5.91 Å². The van der Waals surface area contributed by atoms with Crippen molar-refractivity contribution in [2.75, 3.05) is 33.8 Å². The Labute approximate surface area is 218 Å². The molecule has 2 N–H and O–H groups in total. The highest BCUT2D eigenvalue weighted by Gasteiger charge is 2.32. The Balaban J connectivity index is 1.38. The van der Waals surface area contributed by atoms with Crippen molar-refractivity contribution in [1.29, 1.82) is 0 Å². The number of ether oxygens (including phenoxy) is 5. The number of methoxy groups -OCH3 is 4. The number of thiophene rings is 1. The van der Waals surface area contributed by atoms with Gasteiger partial charge in [-0.2, -0.15) is 0 Å². The van der Waals surface area contributed by atoms with E-state index in [1.54, 1.807) is 29.5 Å². The molecule has 0 saturated heterocycles. The van der Waals surface area contributed by atoms with E-state index in [-0.39, 0.29) is 17.2 Å². The summed E-state index contributed by atoms with van der Waals surface area (Å²) < 4.78 is 27.1. The zero-order valence-electron chi connectivity index (χ0n) is 21.1. The number of hydrogen-bond donors (Lipinski definition) is 2. The van der Waals surface area contributed by atoms with Crippen LogP contribution >= 0.6 is 11.3 Å². The van der Waals surface area contributed by atoms with Crippen molar-refractivity contribution in [3.05, 3.63) is 57.5 Å². The Morgan fingerprint density at radius 2 is 1.57 bits per heavy atom. The molecular formula is C27H28N2O7S. The van der Waals surface area contributed by atoms with E-state index in [0.29, 0.717) is 23.0 Å². The predicted molar refractivity (Wildman–Crippen MR) is 139 cm³/mol. The molecule has 2 aromatic carbocycles. The quantitative estimate of drug-likeness (QED) is 0.338. The number of anilines is 1. The Hall–Kier alpha value is -3.92. The van der Waals surface area contributed by atoms with Gasteiger partial charge in [0.15, 0.2) is 23.0 Å². The summed E-state index contributed by atoms with van der Waals surface area (Å²) in [7, 11) is 5.93. The summed E-state index contributed by atoms with van der Waals surface area (Å²) in [6, 6.07) is 8.21. The molecule has 1 unspecified atom stereocenters. The second-order valence-electron chi connectivity index (χ2n) is 8.68. The number of amides is 1. The van der Waals surface area contributed by atoms with E-state index in [9.17, 15) is 9.59 Å². The Kier molecular flexibility index (Phi) is 6.84. The third kappa shape index (κ3) is 4.53. The van der Waals surface area contributed by atoms with Gasteiger partial charge in [-0.15, -0.1) is 11.3 Å². The maximum Gasteiger partial charge on any atom is 0.343 e. The molecule has 0 saturated carbocycles. The molecule has 0 radical (unpaired) electrons. The summed E-state index contributed by atoms with van der Waals surface area (Å²) in [5.41, 5.74) is 2.95. The van der Waals surface area contributed by atoms with Crippen LogP contribution in [0, 0.1) is 0 Å². The summed E-state index contributed by atoms with van der Waals surface area (Å²) in [5.74, 6) is 0.943. The number of hydrogen-bond acceptors (Lipinski definition) is 9. The number of aryl methyl sites for hydroxylation is 1. The molecule has 10 heteroatoms. The van der Waals surface area contributed by atoms with Crippen molar-refractivity contribution in [3.8, 4) is 28.7 Å². The molecule has 194 valence electrons. The minimum absolute atomic E-state index is 0.0741. The number of esters is 1. The Morgan fingerprint density at radius 1 is 0.865 bits per heavy atom. The minimum atomic E-state index is -0.622. The van der Waals surface area contributed by atoms with Gasteiger partial charge in [-0.05, 0) is 61.1 Å². The van der Waals surface area contributed by atoms with Gasteiger partial charge in [-0.1, -0.05) is 6.07 Å². The molecule has 1 aliphatic heterocycles. The van der Waals surface area contributed by atoms with Crippen LogP contribution in [0.2, 0.25) is 0 Å². The van der Waals surface area contributed by atoms with Gasteiger partial charge in [-0.25, -0.2) is 4.79 Å². The van der Waals surface area contributed by atoms with Gasteiger partial charge in [0.1, 0.15) is 11.2 Å². The first kappa shape index (κ1) is 24.8. The average Bonchev–Trinajstić information content (AvgIpc) is 3.31. The van der Waals surface area contributed by atoms with Crippen LogP contribution in [0.25, 0.3) is 0 Å². The van der Waals surface area contributed by atoms with Crippen LogP contribution in [0.3, 0.4) is 0 Å². The lowest BCUT2D eigenvalue weighted by molar-refractivity contribution is 0.0728. The van der Waals surface area contributed by atoms with Crippen molar-refractivity contribution >= 4 is 28.2 Å². The van der Waals surface area contributed by atoms with E-state index in [1.807, 2.05) is 0 Å². The summed E-state index contributed by atoms with van der Waals surface area (Å²) in [6.45, 7) is 0. The fourth-order valence-electron chi connectivity index (χ4n) is 4.75. The number of carbonyl (C=O) groups is 2. The van der Waals surface area contributed by atoms with Gasteiger partial charge in [0.2, 0.25) is 5.75 Å². The molecule has 1 amide bonds. The number of fused-ring (bicyclic) bond motifs is 3. The molecule has 3 aromatic rings.